The van der Waals surface area contributed by atoms with Gasteiger partial charge in [-0.05, 0) is 49.7 Å². The molecular weight excluding hydrogens is 290 g/mol. The monoisotopic (exact) mass is 317 g/mol. The molecule has 1 aromatic carbocycles. The van der Waals surface area contributed by atoms with Crippen molar-refractivity contribution in [1.29, 1.82) is 0 Å². The summed E-state index contributed by atoms with van der Waals surface area (Å²) in [5.74, 6) is -0.433. The van der Waals surface area contributed by atoms with Crippen molar-refractivity contribution in [3.8, 4) is 0 Å². The van der Waals surface area contributed by atoms with Gasteiger partial charge in [-0.1, -0.05) is 31.2 Å². The molecule has 1 heterocycles. The number of aryl methyl sites for hydroxylation is 1. The van der Waals surface area contributed by atoms with E-state index in [2.05, 4.69) is 26.0 Å². The average Bonchev–Trinajstić information content (AvgIpc) is 2.53. The first-order valence-corrected chi connectivity index (χ1v) is 8.56. The molecule has 0 spiro atoms. The van der Waals surface area contributed by atoms with Gasteiger partial charge in [-0.3, -0.25) is 9.59 Å². The molecule has 2 atom stereocenters. The van der Waals surface area contributed by atoms with Crippen LogP contribution in [0.3, 0.4) is 0 Å². The van der Waals surface area contributed by atoms with Crippen LogP contribution in [0.4, 0.5) is 0 Å². The number of benzene rings is 1. The summed E-state index contributed by atoms with van der Waals surface area (Å²) in [5.41, 5.74) is 2.44. The van der Waals surface area contributed by atoms with E-state index in [1.54, 1.807) is 0 Å². The number of carbonyl (C=O) groups is 2. The number of aliphatic carboxylic acids is 1. The normalized spacial score (nSPS) is 19.4. The van der Waals surface area contributed by atoms with Gasteiger partial charge >= 0.3 is 5.97 Å². The van der Waals surface area contributed by atoms with Gasteiger partial charge in [-0.25, -0.2) is 0 Å². The van der Waals surface area contributed by atoms with Gasteiger partial charge in [-0.2, -0.15) is 0 Å². The fourth-order valence-electron chi connectivity index (χ4n) is 3.55. The SMILES string of the molecule is Cc1ccccc1C(C)CC(=O)N1CCCCC1CCC(=O)O. The summed E-state index contributed by atoms with van der Waals surface area (Å²) in [6, 6.07) is 8.29. The second-order valence-electron chi connectivity index (χ2n) is 6.63. The van der Waals surface area contributed by atoms with Crippen LogP contribution in [0.2, 0.25) is 0 Å². The minimum Gasteiger partial charge on any atom is -0.481 e. The van der Waals surface area contributed by atoms with Crippen LogP contribution < -0.4 is 0 Å². The second-order valence-corrected chi connectivity index (χ2v) is 6.63. The molecule has 0 aromatic heterocycles. The van der Waals surface area contributed by atoms with Gasteiger partial charge in [0.1, 0.15) is 0 Å². The lowest BCUT2D eigenvalue weighted by atomic mass is 9.91. The van der Waals surface area contributed by atoms with Gasteiger partial charge < -0.3 is 10.0 Å². The Labute approximate surface area is 138 Å². The number of hydrogen-bond donors (Lipinski definition) is 1. The molecule has 23 heavy (non-hydrogen) atoms. The molecule has 2 unspecified atom stereocenters. The summed E-state index contributed by atoms with van der Waals surface area (Å²) in [7, 11) is 0. The zero-order valence-electron chi connectivity index (χ0n) is 14.1. The molecule has 1 aliphatic rings. The van der Waals surface area contributed by atoms with Crippen molar-refractivity contribution < 1.29 is 14.7 Å². The van der Waals surface area contributed by atoms with E-state index >= 15 is 0 Å². The summed E-state index contributed by atoms with van der Waals surface area (Å²) in [6.45, 7) is 4.94. The van der Waals surface area contributed by atoms with Crippen LogP contribution in [0.25, 0.3) is 0 Å². The van der Waals surface area contributed by atoms with Crippen molar-refractivity contribution in [3.05, 3.63) is 35.4 Å². The molecule has 0 saturated carbocycles. The Morgan fingerprint density at radius 3 is 2.74 bits per heavy atom. The van der Waals surface area contributed by atoms with E-state index in [0.29, 0.717) is 12.8 Å². The molecule has 126 valence electrons. The Bertz CT molecular complexity index is 555. The molecule has 2 rings (SSSR count). The fourth-order valence-corrected chi connectivity index (χ4v) is 3.55. The highest BCUT2D eigenvalue weighted by atomic mass is 16.4. The third-order valence-corrected chi connectivity index (χ3v) is 4.84. The predicted octanol–water partition coefficient (Wildman–Crippen LogP) is 3.73. The van der Waals surface area contributed by atoms with Gasteiger partial charge in [0.25, 0.3) is 0 Å². The van der Waals surface area contributed by atoms with Gasteiger partial charge in [0, 0.05) is 25.4 Å². The number of rotatable bonds is 6. The number of carbonyl (C=O) groups excluding carboxylic acids is 1. The minimum absolute atomic E-state index is 0.0939. The molecule has 1 fully saturated rings. The van der Waals surface area contributed by atoms with Crippen molar-refractivity contribution in [2.24, 2.45) is 0 Å². The van der Waals surface area contributed by atoms with Crippen LogP contribution in [-0.4, -0.2) is 34.5 Å². The topological polar surface area (TPSA) is 57.6 Å². The maximum atomic E-state index is 12.7. The zero-order valence-corrected chi connectivity index (χ0v) is 14.1. The van der Waals surface area contributed by atoms with Gasteiger partial charge in [0.05, 0.1) is 0 Å². The maximum absolute atomic E-state index is 12.7. The standard InChI is InChI=1S/C19H27NO3/c1-14-7-3-4-9-17(14)15(2)13-18(21)20-12-6-5-8-16(20)10-11-19(22)23/h3-4,7,9,15-16H,5-6,8,10-13H2,1-2H3,(H,22,23). The zero-order chi connectivity index (χ0) is 16.8. The van der Waals surface area contributed by atoms with E-state index in [9.17, 15) is 9.59 Å². The van der Waals surface area contributed by atoms with Crippen LogP contribution in [0.5, 0.6) is 0 Å². The van der Waals surface area contributed by atoms with Crippen LogP contribution in [0.15, 0.2) is 24.3 Å². The second kappa shape index (κ2) is 8.14. The Morgan fingerprint density at radius 2 is 2.04 bits per heavy atom. The average molecular weight is 317 g/mol. The molecule has 4 heteroatoms. The summed E-state index contributed by atoms with van der Waals surface area (Å²) < 4.78 is 0. The molecule has 0 bridgehead atoms. The lowest BCUT2D eigenvalue weighted by Crippen LogP contribution is -2.44. The van der Waals surface area contributed by atoms with Crippen LogP contribution in [0, 0.1) is 6.92 Å². The number of carboxylic acid groups (broad SMARTS) is 1. The number of nitrogens with zero attached hydrogens (tertiary/aromatic N) is 1. The Hall–Kier alpha value is -1.84. The fraction of sp³-hybridized carbons (Fsp3) is 0.579. The van der Waals surface area contributed by atoms with Gasteiger partial charge in [-0.15, -0.1) is 0 Å². The van der Waals surface area contributed by atoms with Crippen LogP contribution in [0.1, 0.15) is 62.5 Å². The van der Waals surface area contributed by atoms with E-state index in [1.165, 1.54) is 11.1 Å². The number of carboxylic acids is 1. The van der Waals surface area contributed by atoms with Crippen molar-refractivity contribution in [3.63, 3.8) is 0 Å². The Morgan fingerprint density at radius 1 is 1.30 bits per heavy atom. The van der Waals surface area contributed by atoms with Crippen molar-refractivity contribution in [2.45, 2.75) is 64.3 Å². The third kappa shape index (κ3) is 4.81. The van der Waals surface area contributed by atoms with Gasteiger partial charge in [0.15, 0.2) is 0 Å². The molecule has 1 aromatic rings. The maximum Gasteiger partial charge on any atom is 0.303 e. The molecule has 1 amide bonds. The number of likely N-dealkylation sites (tertiary alicyclic amines) is 1. The summed E-state index contributed by atoms with van der Waals surface area (Å²) in [6.07, 6.45) is 4.24. The molecule has 1 aliphatic heterocycles. The number of hydrogen-bond acceptors (Lipinski definition) is 2. The minimum atomic E-state index is -0.781. The lowest BCUT2D eigenvalue weighted by Gasteiger charge is -2.36. The molecule has 4 nitrogen and oxygen atoms in total. The first kappa shape index (κ1) is 17.5. The van der Waals surface area contributed by atoms with E-state index in [1.807, 2.05) is 17.0 Å². The Kier molecular flexibility index (Phi) is 6.20. The molecule has 1 N–H and O–H groups in total. The molecule has 1 saturated heterocycles. The predicted molar refractivity (Wildman–Crippen MR) is 90.4 cm³/mol. The molecular formula is C19H27NO3. The first-order valence-electron chi connectivity index (χ1n) is 8.56. The first-order chi connectivity index (χ1) is 11.0. The van der Waals surface area contributed by atoms with E-state index in [-0.39, 0.29) is 24.3 Å². The molecule has 0 radical (unpaired) electrons. The van der Waals surface area contributed by atoms with E-state index in [4.69, 9.17) is 5.11 Å². The van der Waals surface area contributed by atoms with E-state index < -0.39 is 5.97 Å². The van der Waals surface area contributed by atoms with Gasteiger partial charge in [0.2, 0.25) is 5.91 Å². The Balaban J connectivity index is 1.99. The third-order valence-electron chi connectivity index (χ3n) is 4.84. The smallest absolute Gasteiger partial charge is 0.303 e. The van der Waals surface area contributed by atoms with E-state index in [0.717, 1.165) is 25.8 Å². The van der Waals surface area contributed by atoms with Crippen LogP contribution >= 0.6 is 0 Å². The quantitative estimate of drug-likeness (QED) is 0.869. The highest BCUT2D eigenvalue weighted by Crippen LogP contribution is 2.27. The highest BCUT2D eigenvalue weighted by molar-refractivity contribution is 5.77. The highest BCUT2D eigenvalue weighted by Gasteiger charge is 2.28. The lowest BCUT2D eigenvalue weighted by molar-refractivity contribution is -0.140. The van der Waals surface area contributed by atoms with Crippen molar-refractivity contribution in [2.75, 3.05) is 6.54 Å². The van der Waals surface area contributed by atoms with Crippen molar-refractivity contribution in [1.82, 2.24) is 4.90 Å². The number of piperidine rings is 1. The summed E-state index contributed by atoms with van der Waals surface area (Å²) in [4.78, 5) is 25.5. The summed E-state index contributed by atoms with van der Waals surface area (Å²) >= 11 is 0. The van der Waals surface area contributed by atoms with Crippen LogP contribution in [-0.2, 0) is 9.59 Å². The van der Waals surface area contributed by atoms with Crippen molar-refractivity contribution >= 4 is 11.9 Å². The molecule has 0 aliphatic carbocycles. The number of amides is 1. The summed E-state index contributed by atoms with van der Waals surface area (Å²) in [5, 5.41) is 8.89. The largest absolute Gasteiger partial charge is 0.481 e.